The predicted molar refractivity (Wildman–Crippen MR) is 179 cm³/mol. The monoisotopic (exact) mass is 643 g/mol. The van der Waals surface area contributed by atoms with Crippen molar-refractivity contribution in [3.8, 4) is 11.5 Å². The summed E-state index contributed by atoms with van der Waals surface area (Å²) in [6.07, 6.45) is 0.225. The van der Waals surface area contributed by atoms with E-state index in [1.54, 1.807) is 62.6 Å². The number of methoxy groups -OCH3 is 1. The van der Waals surface area contributed by atoms with E-state index in [4.69, 9.17) is 9.47 Å². The van der Waals surface area contributed by atoms with Gasteiger partial charge in [0.25, 0.3) is 10.0 Å². The van der Waals surface area contributed by atoms with Crippen LogP contribution in [0.3, 0.4) is 0 Å². The van der Waals surface area contributed by atoms with Crippen molar-refractivity contribution in [2.24, 2.45) is 0 Å². The molecule has 0 aliphatic rings. The molecule has 0 spiro atoms. The molecule has 0 bridgehead atoms. The fourth-order valence-corrected chi connectivity index (χ4v) is 6.53. The Bertz CT molecular complexity index is 1710. The molecular formula is C36H41N3O6S. The maximum Gasteiger partial charge on any atom is 0.264 e. The fourth-order valence-electron chi connectivity index (χ4n) is 5.11. The van der Waals surface area contributed by atoms with E-state index in [1.165, 1.54) is 17.0 Å². The first-order valence-electron chi connectivity index (χ1n) is 15.2. The highest BCUT2D eigenvalue weighted by Gasteiger charge is 2.35. The van der Waals surface area contributed by atoms with E-state index < -0.39 is 28.5 Å². The van der Waals surface area contributed by atoms with Crippen molar-refractivity contribution in [1.82, 2.24) is 10.2 Å². The van der Waals surface area contributed by atoms with Crippen LogP contribution in [0.15, 0.2) is 108 Å². The van der Waals surface area contributed by atoms with Crippen LogP contribution >= 0.6 is 0 Å². The number of aryl methyl sites for hydroxylation is 1. The molecular weight excluding hydrogens is 602 g/mol. The summed E-state index contributed by atoms with van der Waals surface area (Å²) in [6.45, 7) is 5.60. The Balaban J connectivity index is 1.84. The van der Waals surface area contributed by atoms with E-state index in [0.29, 0.717) is 24.7 Å². The molecule has 0 aliphatic carbocycles. The summed E-state index contributed by atoms with van der Waals surface area (Å²) in [5.74, 6) is 0.0105. The van der Waals surface area contributed by atoms with E-state index in [1.807, 2.05) is 56.3 Å². The highest BCUT2D eigenvalue weighted by atomic mass is 32.2. The average Bonchev–Trinajstić information content (AvgIpc) is 3.06. The number of likely N-dealkylation sites (N-methyl/N-ethyl adjacent to an activating group) is 1. The van der Waals surface area contributed by atoms with Crippen molar-refractivity contribution in [1.29, 1.82) is 0 Å². The van der Waals surface area contributed by atoms with Crippen LogP contribution in [0.5, 0.6) is 11.5 Å². The van der Waals surface area contributed by atoms with E-state index in [0.717, 1.165) is 21.0 Å². The quantitative estimate of drug-likeness (QED) is 0.187. The van der Waals surface area contributed by atoms with Crippen LogP contribution in [-0.2, 0) is 32.6 Å². The summed E-state index contributed by atoms with van der Waals surface area (Å²) < 4.78 is 40.9. The lowest BCUT2D eigenvalue weighted by Gasteiger charge is -2.34. The van der Waals surface area contributed by atoms with Crippen molar-refractivity contribution >= 4 is 27.5 Å². The molecule has 0 radical (unpaired) electrons. The van der Waals surface area contributed by atoms with Crippen molar-refractivity contribution in [3.63, 3.8) is 0 Å². The summed E-state index contributed by atoms with van der Waals surface area (Å²) in [6, 6.07) is 28.9. The number of sulfonamides is 1. The number of benzene rings is 4. The van der Waals surface area contributed by atoms with Gasteiger partial charge in [-0.15, -0.1) is 0 Å². The Morgan fingerprint density at radius 2 is 1.52 bits per heavy atom. The topological polar surface area (TPSA) is 105 Å². The minimum Gasteiger partial charge on any atom is -0.497 e. The van der Waals surface area contributed by atoms with Gasteiger partial charge < -0.3 is 19.7 Å². The minimum atomic E-state index is -4.25. The Labute approximate surface area is 271 Å². The number of rotatable bonds is 15. The van der Waals surface area contributed by atoms with Gasteiger partial charge in [0.1, 0.15) is 24.1 Å². The molecule has 2 amide bonds. The molecule has 1 N–H and O–H groups in total. The second kappa shape index (κ2) is 15.9. The van der Waals surface area contributed by atoms with E-state index in [9.17, 15) is 18.0 Å². The van der Waals surface area contributed by atoms with E-state index >= 15 is 0 Å². The molecule has 0 heterocycles. The van der Waals surface area contributed by atoms with Crippen LogP contribution in [-0.4, -0.2) is 58.0 Å². The van der Waals surface area contributed by atoms with E-state index in [2.05, 4.69) is 5.32 Å². The van der Waals surface area contributed by atoms with Gasteiger partial charge in [-0.25, -0.2) is 8.42 Å². The Morgan fingerprint density at radius 3 is 2.20 bits per heavy atom. The summed E-state index contributed by atoms with van der Waals surface area (Å²) in [5.41, 5.74) is 2.69. The molecule has 0 saturated carbocycles. The van der Waals surface area contributed by atoms with Crippen molar-refractivity contribution in [2.45, 2.75) is 44.7 Å². The molecule has 0 aliphatic heterocycles. The van der Waals surface area contributed by atoms with Crippen molar-refractivity contribution in [3.05, 3.63) is 120 Å². The third-order valence-corrected chi connectivity index (χ3v) is 9.20. The van der Waals surface area contributed by atoms with Crippen molar-refractivity contribution in [2.75, 3.05) is 31.1 Å². The third kappa shape index (κ3) is 8.45. The highest BCUT2D eigenvalue weighted by molar-refractivity contribution is 7.92. The van der Waals surface area contributed by atoms with Gasteiger partial charge in [0, 0.05) is 19.5 Å². The number of amides is 2. The van der Waals surface area contributed by atoms with Gasteiger partial charge in [-0.05, 0) is 68.3 Å². The molecule has 4 aromatic carbocycles. The standard InChI is InChI=1S/C36H41N3O6S/c1-5-37-36(41)33(24-28-13-8-7-9-14-28)38(25-29-15-12-16-30(23-29)44-4)35(40)26-39(32-17-10-11-18-34(32)45-6-2)46(42,43)31-21-19-27(3)20-22-31/h7-23,33H,5-6,24-26H2,1-4H3,(H,37,41)/t33-/m0/s1. The van der Waals surface area contributed by atoms with Gasteiger partial charge in [0.2, 0.25) is 11.8 Å². The van der Waals surface area contributed by atoms with Crippen LogP contribution in [0.2, 0.25) is 0 Å². The third-order valence-electron chi connectivity index (χ3n) is 7.43. The van der Waals surface area contributed by atoms with Crippen LogP contribution in [0.25, 0.3) is 0 Å². The number of para-hydroxylation sites is 2. The summed E-state index contributed by atoms with van der Waals surface area (Å²) in [5, 5.41) is 2.87. The Morgan fingerprint density at radius 1 is 0.848 bits per heavy atom. The minimum absolute atomic E-state index is 0.0288. The maximum absolute atomic E-state index is 14.6. The lowest BCUT2D eigenvalue weighted by Crippen LogP contribution is -2.53. The van der Waals surface area contributed by atoms with Crippen LogP contribution in [0.1, 0.15) is 30.5 Å². The molecule has 0 unspecified atom stereocenters. The SMILES string of the molecule is CCNC(=O)[C@H](Cc1ccccc1)N(Cc1cccc(OC)c1)C(=O)CN(c1ccccc1OCC)S(=O)(=O)c1ccc(C)cc1. The molecule has 4 aromatic rings. The molecule has 0 aromatic heterocycles. The lowest BCUT2D eigenvalue weighted by molar-refractivity contribution is -0.140. The first-order chi connectivity index (χ1) is 22.2. The Hall–Kier alpha value is -4.83. The zero-order chi connectivity index (χ0) is 33.1. The zero-order valence-electron chi connectivity index (χ0n) is 26.7. The highest BCUT2D eigenvalue weighted by Crippen LogP contribution is 2.33. The summed E-state index contributed by atoms with van der Waals surface area (Å²) >= 11 is 0. The second-order valence-electron chi connectivity index (χ2n) is 10.7. The largest absolute Gasteiger partial charge is 0.497 e. The second-order valence-corrected chi connectivity index (χ2v) is 12.6. The number of carbonyl (C=O) groups is 2. The molecule has 10 heteroatoms. The number of nitrogens with zero attached hydrogens (tertiary/aromatic N) is 2. The van der Waals surface area contributed by atoms with Crippen LogP contribution in [0, 0.1) is 6.92 Å². The summed E-state index contributed by atoms with van der Waals surface area (Å²) in [7, 11) is -2.70. The fraction of sp³-hybridized carbons (Fsp3) is 0.278. The number of hydrogen-bond donors (Lipinski definition) is 1. The molecule has 9 nitrogen and oxygen atoms in total. The van der Waals surface area contributed by atoms with Gasteiger partial charge in [0.05, 0.1) is 24.3 Å². The number of carbonyl (C=O) groups excluding carboxylic acids is 2. The number of nitrogens with one attached hydrogen (secondary N) is 1. The molecule has 1 atom stereocenters. The van der Waals surface area contributed by atoms with Gasteiger partial charge in [-0.2, -0.15) is 0 Å². The number of hydrogen-bond acceptors (Lipinski definition) is 6. The number of ether oxygens (including phenoxy) is 2. The molecule has 0 fully saturated rings. The normalized spacial score (nSPS) is 11.7. The Kier molecular flexibility index (Phi) is 11.8. The predicted octanol–water partition coefficient (Wildman–Crippen LogP) is 5.37. The first-order valence-corrected chi connectivity index (χ1v) is 16.7. The molecule has 0 saturated heterocycles. The summed E-state index contributed by atoms with van der Waals surface area (Å²) in [4.78, 5) is 29.7. The molecule has 242 valence electrons. The number of anilines is 1. The van der Waals surface area contributed by atoms with Gasteiger partial charge >= 0.3 is 0 Å². The van der Waals surface area contributed by atoms with Gasteiger partial charge in [-0.1, -0.05) is 72.3 Å². The van der Waals surface area contributed by atoms with E-state index in [-0.39, 0.29) is 29.5 Å². The molecule has 4 rings (SSSR count). The molecule has 46 heavy (non-hydrogen) atoms. The smallest absolute Gasteiger partial charge is 0.264 e. The van der Waals surface area contributed by atoms with Crippen molar-refractivity contribution < 1.29 is 27.5 Å². The van der Waals surface area contributed by atoms with Gasteiger partial charge in [-0.3, -0.25) is 13.9 Å². The van der Waals surface area contributed by atoms with Gasteiger partial charge in [0.15, 0.2) is 0 Å². The maximum atomic E-state index is 14.6. The lowest BCUT2D eigenvalue weighted by atomic mass is 10.0. The average molecular weight is 644 g/mol. The first kappa shape index (κ1) is 34.1. The van der Waals surface area contributed by atoms with Crippen LogP contribution < -0.4 is 19.1 Å². The zero-order valence-corrected chi connectivity index (χ0v) is 27.5. The van der Waals surface area contributed by atoms with Crippen LogP contribution in [0.4, 0.5) is 5.69 Å².